The predicted octanol–water partition coefficient (Wildman–Crippen LogP) is 3.77. The SMILES string of the molecule is CCN1CCCC(O)(Cc2ccc(Cl)c(Cl)c2)CC1. The molecule has 1 heterocycles. The summed E-state index contributed by atoms with van der Waals surface area (Å²) in [5.74, 6) is 0. The lowest BCUT2D eigenvalue weighted by atomic mass is 9.88. The van der Waals surface area contributed by atoms with Crippen molar-refractivity contribution in [2.45, 2.75) is 38.2 Å². The van der Waals surface area contributed by atoms with E-state index < -0.39 is 5.60 Å². The van der Waals surface area contributed by atoms with Gasteiger partial charge in [0.05, 0.1) is 15.6 Å². The van der Waals surface area contributed by atoms with E-state index in [1.165, 1.54) is 0 Å². The molecule has 1 saturated heterocycles. The van der Waals surface area contributed by atoms with Crippen LogP contribution in [0.2, 0.25) is 10.0 Å². The number of benzene rings is 1. The number of aliphatic hydroxyl groups is 1. The molecule has 1 fully saturated rings. The monoisotopic (exact) mass is 301 g/mol. The number of rotatable bonds is 3. The highest BCUT2D eigenvalue weighted by Gasteiger charge is 2.30. The van der Waals surface area contributed by atoms with Crippen LogP contribution in [-0.2, 0) is 6.42 Å². The summed E-state index contributed by atoms with van der Waals surface area (Å²) in [5.41, 5.74) is 0.447. The van der Waals surface area contributed by atoms with Crippen LogP contribution in [0.15, 0.2) is 18.2 Å². The molecule has 1 N–H and O–H groups in total. The average molecular weight is 302 g/mol. The largest absolute Gasteiger partial charge is 0.389 e. The maximum absolute atomic E-state index is 10.8. The van der Waals surface area contributed by atoms with Crippen LogP contribution >= 0.6 is 23.2 Å². The Morgan fingerprint density at radius 2 is 2.00 bits per heavy atom. The Labute approximate surface area is 125 Å². The molecule has 1 aromatic carbocycles. The van der Waals surface area contributed by atoms with Gasteiger partial charge in [0.15, 0.2) is 0 Å². The van der Waals surface area contributed by atoms with Crippen molar-refractivity contribution >= 4 is 23.2 Å². The van der Waals surface area contributed by atoms with Gasteiger partial charge in [0.2, 0.25) is 0 Å². The Balaban J connectivity index is 2.05. The minimum Gasteiger partial charge on any atom is -0.389 e. The van der Waals surface area contributed by atoms with Crippen molar-refractivity contribution in [1.82, 2.24) is 4.90 Å². The van der Waals surface area contributed by atoms with E-state index in [2.05, 4.69) is 11.8 Å². The van der Waals surface area contributed by atoms with Crippen molar-refractivity contribution < 1.29 is 5.11 Å². The molecule has 0 bridgehead atoms. The van der Waals surface area contributed by atoms with Gasteiger partial charge in [-0.1, -0.05) is 36.2 Å². The number of nitrogens with zero attached hydrogens (tertiary/aromatic N) is 1. The summed E-state index contributed by atoms with van der Waals surface area (Å²) in [4.78, 5) is 2.40. The first-order valence-corrected chi connectivity index (χ1v) is 7.67. The van der Waals surface area contributed by atoms with Crippen LogP contribution in [0.1, 0.15) is 31.7 Å². The number of halogens is 2. The molecular weight excluding hydrogens is 281 g/mol. The molecule has 1 atom stereocenters. The third kappa shape index (κ3) is 4.09. The lowest BCUT2D eigenvalue weighted by Crippen LogP contribution is -2.33. The topological polar surface area (TPSA) is 23.5 Å². The predicted molar refractivity (Wildman–Crippen MR) is 81.1 cm³/mol. The Kier molecular flexibility index (Phi) is 5.13. The molecular formula is C15H21Cl2NO. The van der Waals surface area contributed by atoms with Crippen LogP contribution in [0.5, 0.6) is 0 Å². The van der Waals surface area contributed by atoms with Crippen molar-refractivity contribution in [3.63, 3.8) is 0 Å². The third-order valence-corrected chi connectivity index (χ3v) is 4.71. The molecule has 4 heteroatoms. The number of hydrogen-bond donors (Lipinski definition) is 1. The Bertz CT molecular complexity index is 438. The van der Waals surface area contributed by atoms with Gasteiger partial charge in [0, 0.05) is 13.0 Å². The lowest BCUT2D eigenvalue weighted by Gasteiger charge is -2.27. The number of likely N-dealkylation sites (tertiary alicyclic amines) is 1. The van der Waals surface area contributed by atoms with Crippen molar-refractivity contribution in [2.24, 2.45) is 0 Å². The van der Waals surface area contributed by atoms with Gasteiger partial charge in [0.1, 0.15) is 0 Å². The Hall–Kier alpha value is -0.280. The van der Waals surface area contributed by atoms with Crippen LogP contribution in [0.4, 0.5) is 0 Å². The summed E-state index contributed by atoms with van der Waals surface area (Å²) in [6.07, 6.45) is 3.37. The summed E-state index contributed by atoms with van der Waals surface area (Å²) in [6.45, 7) is 5.28. The molecule has 1 aliphatic rings. The zero-order valence-electron chi connectivity index (χ0n) is 11.3. The van der Waals surface area contributed by atoms with E-state index in [1.54, 1.807) is 6.07 Å². The molecule has 0 saturated carbocycles. The fourth-order valence-electron chi connectivity index (χ4n) is 2.76. The number of hydrogen-bond acceptors (Lipinski definition) is 2. The molecule has 1 aromatic rings. The van der Waals surface area contributed by atoms with Crippen LogP contribution in [0, 0.1) is 0 Å². The van der Waals surface area contributed by atoms with E-state index in [4.69, 9.17) is 23.2 Å². The molecule has 19 heavy (non-hydrogen) atoms. The average Bonchev–Trinajstić information content (AvgIpc) is 2.56. The highest BCUT2D eigenvalue weighted by atomic mass is 35.5. The molecule has 0 aromatic heterocycles. The first-order chi connectivity index (χ1) is 9.02. The first kappa shape index (κ1) is 15.1. The minimum absolute atomic E-state index is 0.562. The zero-order valence-corrected chi connectivity index (χ0v) is 12.8. The van der Waals surface area contributed by atoms with E-state index in [0.29, 0.717) is 16.5 Å². The first-order valence-electron chi connectivity index (χ1n) is 6.91. The smallest absolute Gasteiger partial charge is 0.0700 e. The standard InChI is InChI=1S/C15H21Cl2NO/c1-2-18-8-3-6-15(19,7-9-18)11-12-4-5-13(16)14(17)10-12/h4-5,10,19H,2-3,6-9,11H2,1H3. The van der Waals surface area contributed by atoms with Gasteiger partial charge in [-0.2, -0.15) is 0 Å². The van der Waals surface area contributed by atoms with E-state index in [1.807, 2.05) is 12.1 Å². The highest BCUT2D eigenvalue weighted by molar-refractivity contribution is 6.42. The maximum Gasteiger partial charge on any atom is 0.0700 e. The van der Waals surface area contributed by atoms with Crippen molar-refractivity contribution in [3.05, 3.63) is 33.8 Å². The third-order valence-electron chi connectivity index (χ3n) is 3.97. The molecule has 1 aliphatic heterocycles. The van der Waals surface area contributed by atoms with Crippen LogP contribution in [0.3, 0.4) is 0 Å². The van der Waals surface area contributed by atoms with E-state index in [9.17, 15) is 5.11 Å². The maximum atomic E-state index is 10.8. The van der Waals surface area contributed by atoms with Gasteiger partial charge in [-0.25, -0.2) is 0 Å². The summed E-state index contributed by atoms with van der Waals surface area (Å²) in [5, 5.41) is 11.9. The molecule has 0 amide bonds. The van der Waals surface area contributed by atoms with Crippen LogP contribution < -0.4 is 0 Å². The molecule has 2 nitrogen and oxygen atoms in total. The van der Waals surface area contributed by atoms with E-state index >= 15 is 0 Å². The van der Waals surface area contributed by atoms with Gasteiger partial charge >= 0.3 is 0 Å². The van der Waals surface area contributed by atoms with Gasteiger partial charge in [-0.3, -0.25) is 0 Å². The van der Waals surface area contributed by atoms with E-state index in [-0.39, 0.29) is 0 Å². The van der Waals surface area contributed by atoms with Crippen LogP contribution in [-0.4, -0.2) is 35.2 Å². The quantitative estimate of drug-likeness (QED) is 0.918. The van der Waals surface area contributed by atoms with Gasteiger partial charge < -0.3 is 10.0 Å². The summed E-state index contributed by atoms with van der Waals surface area (Å²) in [7, 11) is 0. The fourth-order valence-corrected chi connectivity index (χ4v) is 3.08. The van der Waals surface area contributed by atoms with Gasteiger partial charge in [0.25, 0.3) is 0 Å². The Morgan fingerprint density at radius 3 is 2.68 bits per heavy atom. The highest BCUT2D eigenvalue weighted by Crippen LogP contribution is 2.29. The summed E-state index contributed by atoms with van der Waals surface area (Å²) >= 11 is 12.0. The van der Waals surface area contributed by atoms with E-state index in [0.717, 1.165) is 44.5 Å². The second-order valence-corrected chi connectivity index (χ2v) is 6.25. The van der Waals surface area contributed by atoms with Crippen molar-refractivity contribution in [2.75, 3.05) is 19.6 Å². The molecule has 106 valence electrons. The second-order valence-electron chi connectivity index (χ2n) is 5.44. The summed E-state index contributed by atoms with van der Waals surface area (Å²) < 4.78 is 0. The lowest BCUT2D eigenvalue weighted by molar-refractivity contribution is 0.0258. The Morgan fingerprint density at radius 1 is 1.21 bits per heavy atom. The minimum atomic E-state index is -0.610. The van der Waals surface area contributed by atoms with Crippen molar-refractivity contribution in [1.29, 1.82) is 0 Å². The molecule has 1 unspecified atom stereocenters. The second kappa shape index (κ2) is 6.45. The fraction of sp³-hybridized carbons (Fsp3) is 0.600. The van der Waals surface area contributed by atoms with Gasteiger partial charge in [-0.05, 0) is 50.0 Å². The van der Waals surface area contributed by atoms with Crippen LogP contribution in [0.25, 0.3) is 0 Å². The molecule has 2 rings (SSSR count). The normalized spacial score (nSPS) is 25.3. The van der Waals surface area contributed by atoms with Gasteiger partial charge in [-0.15, -0.1) is 0 Å². The molecule has 0 aliphatic carbocycles. The zero-order chi connectivity index (χ0) is 13.9. The summed E-state index contributed by atoms with van der Waals surface area (Å²) in [6, 6.07) is 5.62. The molecule has 0 radical (unpaired) electrons. The van der Waals surface area contributed by atoms with Crippen molar-refractivity contribution in [3.8, 4) is 0 Å². The molecule has 0 spiro atoms.